The van der Waals surface area contributed by atoms with E-state index >= 15 is 0 Å². The van der Waals surface area contributed by atoms with Gasteiger partial charge in [-0.05, 0) is 45.4 Å². The van der Waals surface area contributed by atoms with Crippen LogP contribution in [0.4, 0.5) is 5.69 Å². The average molecular weight is 340 g/mol. The van der Waals surface area contributed by atoms with Crippen LogP contribution in [-0.4, -0.2) is 30.7 Å². The van der Waals surface area contributed by atoms with Crippen molar-refractivity contribution in [3.05, 3.63) is 28.8 Å². The molecule has 0 spiro atoms. The van der Waals surface area contributed by atoms with Gasteiger partial charge in [-0.3, -0.25) is 9.59 Å². The summed E-state index contributed by atoms with van der Waals surface area (Å²) in [6.45, 7) is 7.30. The molecule has 0 bridgehead atoms. The Morgan fingerprint density at radius 1 is 1.39 bits per heavy atom. The van der Waals surface area contributed by atoms with Crippen LogP contribution >= 0.6 is 11.6 Å². The Morgan fingerprint density at radius 3 is 2.74 bits per heavy atom. The maximum Gasteiger partial charge on any atom is 0.314 e. The van der Waals surface area contributed by atoms with Crippen molar-refractivity contribution in [2.75, 3.05) is 18.5 Å². The number of rotatable bonds is 7. The van der Waals surface area contributed by atoms with Gasteiger partial charge in [0, 0.05) is 16.4 Å². The van der Waals surface area contributed by atoms with E-state index in [1.54, 1.807) is 32.9 Å². The first-order valence-corrected chi connectivity index (χ1v) is 7.73. The van der Waals surface area contributed by atoms with Gasteiger partial charge in [0.2, 0.25) is 0 Å². The molecule has 0 aliphatic carbocycles. The van der Waals surface area contributed by atoms with Crippen LogP contribution in [0.2, 0.25) is 5.02 Å². The number of hydrogen-bond acceptors (Lipinski definition) is 5. The van der Waals surface area contributed by atoms with E-state index in [2.05, 4.69) is 15.8 Å². The minimum atomic E-state index is -0.501. The third-order valence-electron chi connectivity index (χ3n) is 3.33. The van der Waals surface area contributed by atoms with Crippen LogP contribution in [0, 0.1) is 12.8 Å². The molecule has 0 saturated heterocycles. The largest absolute Gasteiger partial charge is 0.465 e. The van der Waals surface area contributed by atoms with Crippen LogP contribution < -0.4 is 10.7 Å². The Bertz CT molecular complexity index is 602. The molecule has 0 heterocycles. The van der Waals surface area contributed by atoms with E-state index in [0.29, 0.717) is 17.3 Å². The van der Waals surface area contributed by atoms with Gasteiger partial charge in [-0.15, -0.1) is 0 Å². The number of hydrogen-bond donors (Lipinski definition) is 2. The van der Waals surface area contributed by atoms with E-state index in [9.17, 15) is 9.59 Å². The number of benzene rings is 1. The van der Waals surface area contributed by atoms with Crippen molar-refractivity contribution in [1.82, 2.24) is 5.43 Å². The van der Waals surface area contributed by atoms with E-state index in [1.165, 1.54) is 0 Å². The van der Waals surface area contributed by atoms with Gasteiger partial charge in [0.15, 0.2) is 0 Å². The van der Waals surface area contributed by atoms with Crippen molar-refractivity contribution in [2.45, 2.75) is 27.7 Å². The summed E-state index contributed by atoms with van der Waals surface area (Å²) in [5, 5.41) is 7.55. The summed E-state index contributed by atoms with van der Waals surface area (Å²) >= 11 is 6.02. The Hall–Kier alpha value is -2.08. The fourth-order valence-corrected chi connectivity index (χ4v) is 1.87. The molecule has 0 saturated carbocycles. The molecule has 0 aliphatic rings. The van der Waals surface area contributed by atoms with Crippen LogP contribution in [0.3, 0.4) is 0 Å². The number of hydrazone groups is 1. The summed E-state index contributed by atoms with van der Waals surface area (Å²) in [5.74, 6) is -1.19. The second kappa shape index (κ2) is 9.15. The highest BCUT2D eigenvalue weighted by molar-refractivity contribution is 6.31. The van der Waals surface area contributed by atoms with E-state index in [4.69, 9.17) is 16.3 Å². The zero-order chi connectivity index (χ0) is 17.4. The summed E-state index contributed by atoms with van der Waals surface area (Å²) in [6, 6.07) is 5.43. The van der Waals surface area contributed by atoms with Gasteiger partial charge in [-0.2, -0.15) is 5.10 Å². The third-order valence-corrected chi connectivity index (χ3v) is 3.74. The number of anilines is 1. The highest BCUT2D eigenvalue weighted by Crippen LogP contribution is 2.22. The zero-order valence-electron chi connectivity index (χ0n) is 13.8. The second-order valence-corrected chi connectivity index (χ2v) is 5.44. The SMILES string of the molecule is CCOC(=O)[C@@H](C)/C(C)=N\NC(=O)CNc1cccc(Cl)c1C. The van der Waals surface area contributed by atoms with Crippen molar-refractivity contribution >= 4 is 34.9 Å². The summed E-state index contributed by atoms with van der Waals surface area (Å²) in [6.07, 6.45) is 0. The minimum absolute atomic E-state index is 0.0474. The lowest BCUT2D eigenvalue weighted by molar-refractivity contribution is -0.145. The predicted octanol–water partition coefficient (Wildman–Crippen LogP) is 2.75. The molecule has 0 fully saturated rings. The van der Waals surface area contributed by atoms with E-state index < -0.39 is 5.92 Å². The van der Waals surface area contributed by atoms with Crippen molar-refractivity contribution < 1.29 is 14.3 Å². The molecule has 1 rings (SSSR count). The lowest BCUT2D eigenvalue weighted by atomic mass is 10.1. The number of nitrogens with zero attached hydrogens (tertiary/aromatic N) is 1. The number of amides is 1. The van der Waals surface area contributed by atoms with Gasteiger partial charge in [-0.25, -0.2) is 5.43 Å². The van der Waals surface area contributed by atoms with Gasteiger partial charge in [-0.1, -0.05) is 17.7 Å². The first-order valence-electron chi connectivity index (χ1n) is 7.35. The standard InChI is InChI=1S/C16H22ClN3O3/c1-5-23-16(22)10(2)12(4)19-20-15(21)9-18-14-8-6-7-13(17)11(14)3/h6-8,10,18H,5,9H2,1-4H3,(H,20,21)/b19-12-/t10-/m0/s1. The molecule has 6 nitrogen and oxygen atoms in total. The summed E-state index contributed by atoms with van der Waals surface area (Å²) in [5.41, 5.74) is 4.55. The van der Waals surface area contributed by atoms with Crippen molar-refractivity contribution in [3.63, 3.8) is 0 Å². The van der Waals surface area contributed by atoms with Crippen molar-refractivity contribution in [3.8, 4) is 0 Å². The highest BCUT2D eigenvalue weighted by atomic mass is 35.5. The normalized spacial score (nSPS) is 12.5. The Kier molecular flexibility index (Phi) is 7.54. The lowest BCUT2D eigenvalue weighted by Crippen LogP contribution is -2.29. The Morgan fingerprint density at radius 2 is 2.09 bits per heavy atom. The quantitative estimate of drug-likeness (QED) is 0.455. The molecule has 7 heteroatoms. The highest BCUT2D eigenvalue weighted by Gasteiger charge is 2.17. The Balaban J connectivity index is 2.52. The van der Waals surface area contributed by atoms with Gasteiger partial charge in [0.05, 0.1) is 19.1 Å². The first kappa shape index (κ1) is 19.0. The number of nitrogens with one attached hydrogen (secondary N) is 2. The van der Waals surface area contributed by atoms with Crippen LogP contribution in [0.1, 0.15) is 26.3 Å². The molecule has 1 aromatic rings. The third kappa shape index (κ3) is 5.90. The summed E-state index contributed by atoms with van der Waals surface area (Å²) in [4.78, 5) is 23.4. The second-order valence-electron chi connectivity index (χ2n) is 5.03. The number of carbonyl (C=O) groups excluding carboxylic acids is 2. The molecular formula is C16H22ClN3O3. The van der Waals surface area contributed by atoms with E-state index in [0.717, 1.165) is 11.3 Å². The molecule has 0 aliphatic heterocycles. The van der Waals surface area contributed by atoms with Gasteiger partial charge >= 0.3 is 5.97 Å². The van der Waals surface area contributed by atoms with Crippen molar-refractivity contribution in [1.29, 1.82) is 0 Å². The van der Waals surface area contributed by atoms with Crippen molar-refractivity contribution in [2.24, 2.45) is 11.0 Å². The predicted molar refractivity (Wildman–Crippen MR) is 91.7 cm³/mol. The van der Waals surface area contributed by atoms with Crippen LogP contribution in [0.15, 0.2) is 23.3 Å². The van der Waals surface area contributed by atoms with Crippen LogP contribution in [-0.2, 0) is 14.3 Å². The molecule has 1 atom stereocenters. The first-order chi connectivity index (χ1) is 10.9. The number of halogens is 1. The van der Waals surface area contributed by atoms with Crippen LogP contribution in [0.25, 0.3) is 0 Å². The zero-order valence-corrected chi connectivity index (χ0v) is 14.5. The smallest absolute Gasteiger partial charge is 0.314 e. The molecule has 0 aromatic heterocycles. The van der Waals surface area contributed by atoms with Gasteiger partial charge in [0.25, 0.3) is 5.91 Å². The monoisotopic (exact) mass is 339 g/mol. The molecule has 126 valence electrons. The summed E-state index contributed by atoms with van der Waals surface area (Å²) in [7, 11) is 0. The number of esters is 1. The lowest BCUT2D eigenvalue weighted by Gasteiger charge is -2.11. The molecular weight excluding hydrogens is 318 g/mol. The van der Waals surface area contributed by atoms with E-state index in [-0.39, 0.29) is 18.4 Å². The maximum atomic E-state index is 11.8. The number of ether oxygens (including phenoxy) is 1. The fourth-order valence-electron chi connectivity index (χ4n) is 1.70. The molecule has 23 heavy (non-hydrogen) atoms. The average Bonchev–Trinajstić information content (AvgIpc) is 2.53. The fraction of sp³-hybridized carbons (Fsp3) is 0.438. The van der Waals surface area contributed by atoms with Crippen LogP contribution in [0.5, 0.6) is 0 Å². The molecule has 0 radical (unpaired) electrons. The summed E-state index contributed by atoms with van der Waals surface area (Å²) < 4.78 is 4.90. The number of carbonyl (C=O) groups is 2. The topological polar surface area (TPSA) is 79.8 Å². The molecule has 1 amide bonds. The molecule has 2 N–H and O–H groups in total. The van der Waals surface area contributed by atoms with Gasteiger partial charge in [0.1, 0.15) is 0 Å². The molecule has 1 aromatic carbocycles. The maximum absolute atomic E-state index is 11.8. The Labute approximate surface area is 141 Å². The van der Waals surface area contributed by atoms with Gasteiger partial charge < -0.3 is 10.1 Å². The minimum Gasteiger partial charge on any atom is -0.465 e. The van der Waals surface area contributed by atoms with E-state index in [1.807, 2.05) is 13.0 Å². The molecule has 0 unspecified atom stereocenters.